The molecule has 2 N–H and O–H groups in total. The summed E-state index contributed by atoms with van der Waals surface area (Å²) in [6.45, 7) is 2.02. The first-order valence-electron chi connectivity index (χ1n) is 8.73. The average molecular weight is 374 g/mol. The highest BCUT2D eigenvalue weighted by Gasteiger charge is 2.24. The zero-order valence-corrected chi connectivity index (χ0v) is 14.6. The van der Waals surface area contributed by atoms with Crippen molar-refractivity contribution in [3.05, 3.63) is 65.2 Å². The molecule has 1 heterocycles. The third kappa shape index (κ3) is 4.68. The minimum Gasteiger partial charge on any atom is -0.481 e. The van der Waals surface area contributed by atoms with Crippen molar-refractivity contribution >= 4 is 17.6 Å². The number of halogens is 2. The number of nitrogens with zero attached hydrogens (tertiary/aromatic N) is 1. The van der Waals surface area contributed by atoms with Crippen LogP contribution in [0.2, 0.25) is 0 Å². The summed E-state index contributed by atoms with van der Waals surface area (Å²) in [4.78, 5) is 25.4. The first kappa shape index (κ1) is 19.0. The van der Waals surface area contributed by atoms with E-state index in [-0.39, 0.29) is 11.5 Å². The van der Waals surface area contributed by atoms with Gasteiger partial charge in [0.25, 0.3) is 5.91 Å². The molecule has 1 saturated heterocycles. The summed E-state index contributed by atoms with van der Waals surface area (Å²) in [7, 11) is 0. The number of aliphatic carboxylic acids is 1. The third-order valence-corrected chi connectivity index (χ3v) is 4.72. The van der Waals surface area contributed by atoms with Gasteiger partial charge in [0.15, 0.2) is 11.6 Å². The van der Waals surface area contributed by atoms with E-state index in [0.29, 0.717) is 38.2 Å². The van der Waals surface area contributed by atoms with E-state index in [2.05, 4.69) is 10.2 Å². The van der Waals surface area contributed by atoms with Crippen LogP contribution in [-0.4, -0.2) is 35.0 Å². The van der Waals surface area contributed by atoms with Crippen molar-refractivity contribution in [2.45, 2.75) is 19.4 Å². The van der Waals surface area contributed by atoms with Crippen molar-refractivity contribution in [2.75, 3.05) is 18.4 Å². The maximum absolute atomic E-state index is 13.7. The number of amides is 1. The second-order valence-corrected chi connectivity index (χ2v) is 6.64. The molecule has 2 aromatic carbocycles. The van der Waals surface area contributed by atoms with Gasteiger partial charge in [-0.15, -0.1) is 0 Å². The zero-order valence-electron chi connectivity index (χ0n) is 14.6. The fraction of sp³-hybridized carbons (Fsp3) is 0.300. The molecule has 1 amide bonds. The molecule has 5 nitrogen and oxygen atoms in total. The first-order valence-corrected chi connectivity index (χ1v) is 8.73. The molecule has 0 bridgehead atoms. The number of hydrogen-bond acceptors (Lipinski definition) is 3. The lowest BCUT2D eigenvalue weighted by molar-refractivity contribution is -0.143. The van der Waals surface area contributed by atoms with Gasteiger partial charge in [-0.25, -0.2) is 8.78 Å². The van der Waals surface area contributed by atoms with Crippen molar-refractivity contribution < 1.29 is 23.5 Å². The number of carbonyl (C=O) groups excluding carboxylic acids is 1. The summed E-state index contributed by atoms with van der Waals surface area (Å²) in [5.74, 6) is -3.99. The maximum atomic E-state index is 13.7. The lowest BCUT2D eigenvalue weighted by Gasteiger charge is -2.30. The van der Waals surface area contributed by atoms with Crippen molar-refractivity contribution in [3.63, 3.8) is 0 Å². The van der Waals surface area contributed by atoms with Gasteiger partial charge in [0.2, 0.25) is 0 Å². The molecule has 1 fully saturated rings. The smallest absolute Gasteiger partial charge is 0.306 e. The fourth-order valence-electron chi connectivity index (χ4n) is 3.22. The Balaban J connectivity index is 1.63. The maximum Gasteiger partial charge on any atom is 0.306 e. The second kappa shape index (κ2) is 8.26. The van der Waals surface area contributed by atoms with E-state index in [0.717, 1.165) is 11.6 Å². The molecule has 0 radical (unpaired) electrons. The molecule has 0 aliphatic carbocycles. The van der Waals surface area contributed by atoms with Crippen LogP contribution in [0.3, 0.4) is 0 Å². The highest BCUT2D eigenvalue weighted by atomic mass is 19.2. The molecule has 1 aliphatic rings. The lowest BCUT2D eigenvalue weighted by Crippen LogP contribution is -2.35. The van der Waals surface area contributed by atoms with Crippen molar-refractivity contribution in [2.24, 2.45) is 5.92 Å². The van der Waals surface area contributed by atoms with Gasteiger partial charge in [0.05, 0.1) is 11.5 Å². The third-order valence-electron chi connectivity index (χ3n) is 4.72. The van der Waals surface area contributed by atoms with Crippen LogP contribution in [0.15, 0.2) is 42.5 Å². The summed E-state index contributed by atoms with van der Waals surface area (Å²) in [5.41, 5.74) is 1.08. The predicted molar refractivity (Wildman–Crippen MR) is 96.4 cm³/mol. The molecular weight excluding hydrogens is 354 g/mol. The van der Waals surface area contributed by atoms with Crippen LogP contribution in [0.5, 0.6) is 0 Å². The van der Waals surface area contributed by atoms with Crippen molar-refractivity contribution in [3.8, 4) is 0 Å². The number of carboxylic acids is 1. The number of rotatable bonds is 5. The minimum absolute atomic E-state index is 0.284. The van der Waals surface area contributed by atoms with Gasteiger partial charge in [-0.2, -0.15) is 0 Å². The van der Waals surface area contributed by atoms with Gasteiger partial charge in [-0.3, -0.25) is 14.5 Å². The SMILES string of the molecule is O=C(Nc1cccc(CN2CCC(C(=O)O)CC2)c1)c1cccc(F)c1F. The van der Waals surface area contributed by atoms with Gasteiger partial charge in [0.1, 0.15) is 0 Å². The van der Waals surface area contributed by atoms with Gasteiger partial charge in [-0.05, 0) is 55.8 Å². The van der Waals surface area contributed by atoms with E-state index < -0.39 is 23.5 Å². The molecule has 1 aliphatic heterocycles. The summed E-state index contributed by atoms with van der Waals surface area (Å²) < 4.78 is 27.0. The molecule has 142 valence electrons. The van der Waals surface area contributed by atoms with E-state index in [9.17, 15) is 18.4 Å². The molecule has 0 atom stereocenters. The topological polar surface area (TPSA) is 69.6 Å². The quantitative estimate of drug-likeness (QED) is 0.840. The van der Waals surface area contributed by atoms with E-state index in [1.165, 1.54) is 12.1 Å². The predicted octanol–water partition coefficient (Wildman–Crippen LogP) is 3.51. The molecule has 27 heavy (non-hydrogen) atoms. The molecule has 0 saturated carbocycles. The number of likely N-dealkylation sites (tertiary alicyclic amines) is 1. The van der Waals surface area contributed by atoms with Crippen molar-refractivity contribution in [1.29, 1.82) is 0 Å². The zero-order chi connectivity index (χ0) is 19.4. The Morgan fingerprint density at radius 2 is 1.81 bits per heavy atom. The van der Waals surface area contributed by atoms with Crippen molar-refractivity contribution in [1.82, 2.24) is 4.90 Å². The van der Waals surface area contributed by atoms with Gasteiger partial charge in [-0.1, -0.05) is 18.2 Å². The number of piperidine rings is 1. The van der Waals surface area contributed by atoms with Crippen LogP contribution in [0.25, 0.3) is 0 Å². The number of carbonyl (C=O) groups is 2. The van der Waals surface area contributed by atoms with Gasteiger partial charge in [0, 0.05) is 12.2 Å². The Labute approximate surface area is 155 Å². The highest BCUT2D eigenvalue weighted by molar-refractivity contribution is 6.04. The molecule has 0 unspecified atom stereocenters. The largest absolute Gasteiger partial charge is 0.481 e. The van der Waals surface area contributed by atoms with E-state index in [1.807, 2.05) is 6.07 Å². The molecule has 3 rings (SSSR count). The van der Waals surface area contributed by atoms with Crippen LogP contribution in [0.1, 0.15) is 28.8 Å². The standard InChI is InChI=1S/C20H20F2N2O3/c21-17-6-2-5-16(18(17)22)19(25)23-15-4-1-3-13(11-15)12-24-9-7-14(8-10-24)20(26)27/h1-6,11,14H,7-10,12H2,(H,23,25)(H,26,27). The van der Waals surface area contributed by atoms with Gasteiger partial charge < -0.3 is 10.4 Å². The Kier molecular flexibility index (Phi) is 5.81. The van der Waals surface area contributed by atoms with Crippen LogP contribution >= 0.6 is 0 Å². The summed E-state index contributed by atoms with van der Waals surface area (Å²) in [5, 5.41) is 11.6. The monoisotopic (exact) mass is 374 g/mol. The average Bonchev–Trinajstić information content (AvgIpc) is 2.64. The number of anilines is 1. The van der Waals surface area contributed by atoms with Gasteiger partial charge >= 0.3 is 5.97 Å². The molecule has 0 spiro atoms. The van der Waals surface area contributed by atoms with Crippen LogP contribution in [0, 0.1) is 17.6 Å². The molecule has 0 aromatic heterocycles. The fourth-order valence-corrected chi connectivity index (χ4v) is 3.22. The van der Waals surface area contributed by atoms with E-state index in [1.54, 1.807) is 18.2 Å². The Morgan fingerprint density at radius 3 is 2.52 bits per heavy atom. The van der Waals surface area contributed by atoms with Crippen LogP contribution in [0.4, 0.5) is 14.5 Å². The number of hydrogen-bond donors (Lipinski definition) is 2. The van der Waals surface area contributed by atoms with E-state index in [4.69, 9.17) is 5.11 Å². The Hall–Kier alpha value is -2.80. The number of carboxylic acid groups (broad SMARTS) is 1. The second-order valence-electron chi connectivity index (χ2n) is 6.64. The normalized spacial score (nSPS) is 15.5. The minimum atomic E-state index is -1.17. The summed E-state index contributed by atoms with van der Waals surface area (Å²) in [6.07, 6.45) is 1.23. The first-order chi connectivity index (χ1) is 12.9. The van der Waals surface area contributed by atoms with E-state index >= 15 is 0 Å². The van der Waals surface area contributed by atoms with Crippen LogP contribution in [-0.2, 0) is 11.3 Å². The Morgan fingerprint density at radius 1 is 1.11 bits per heavy atom. The molecule has 2 aromatic rings. The number of nitrogens with one attached hydrogen (secondary N) is 1. The molecular formula is C20H20F2N2O3. The highest BCUT2D eigenvalue weighted by Crippen LogP contribution is 2.21. The van der Waals surface area contributed by atoms with Crippen LogP contribution < -0.4 is 5.32 Å². The summed E-state index contributed by atoms with van der Waals surface area (Å²) >= 11 is 0. The number of benzene rings is 2. The Bertz CT molecular complexity index is 849. The summed E-state index contributed by atoms with van der Waals surface area (Å²) in [6, 6.07) is 10.6. The lowest BCUT2D eigenvalue weighted by atomic mass is 9.97. The molecule has 7 heteroatoms.